The standard InChI is InChI=1S/C23H21ClN6O/c24-17-3-1-2-15(8-17)19-9-20(19)23(31)26-21-13-30(28-27-21)12-18-11-29-10-16(14-4-5-14)6-7-22(29)25-18/h1-3,6-8,10-11,13-14,19-20H,4-5,9,12H2,(H,26,31)/t19-,20+/m1/s1. The molecule has 0 aliphatic heterocycles. The summed E-state index contributed by atoms with van der Waals surface area (Å²) >= 11 is 6.06. The maximum Gasteiger partial charge on any atom is 0.229 e. The van der Waals surface area contributed by atoms with Gasteiger partial charge in [0.2, 0.25) is 5.91 Å². The van der Waals surface area contributed by atoms with E-state index in [0.29, 0.717) is 23.3 Å². The lowest BCUT2D eigenvalue weighted by molar-refractivity contribution is -0.117. The minimum Gasteiger partial charge on any atom is -0.308 e. The van der Waals surface area contributed by atoms with Gasteiger partial charge in [-0.05, 0) is 60.4 Å². The molecule has 0 spiro atoms. The summed E-state index contributed by atoms with van der Waals surface area (Å²) in [5.41, 5.74) is 4.30. The van der Waals surface area contributed by atoms with Crippen LogP contribution in [0.5, 0.6) is 0 Å². The Kier molecular flexibility index (Phi) is 4.31. The zero-order valence-corrected chi connectivity index (χ0v) is 17.5. The van der Waals surface area contributed by atoms with Crippen LogP contribution >= 0.6 is 11.6 Å². The molecule has 1 amide bonds. The summed E-state index contributed by atoms with van der Waals surface area (Å²) < 4.78 is 3.77. The minimum atomic E-state index is -0.0530. The van der Waals surface area contributed by atoms with E-state index in [1.54, 1.807) is 10.9 Å². The van der Waals surface area contributed by atoms with Gasteiger partial charge in [-0.25, -0.2) is 9.67 Å². The topological polar surface area (TPSA) is 77.1 Å². The lowest BCUT2D eigenvalue weighted by Gasteiger charge is -2.02. The van der Waals surface area contributed by atoms with E-state index in [2.05, 4.69) is 43.3 Å². The average molecular weight is 433 g/mol. The highest BCUT2D eigenvalue weighted by molar-refractivity contribution is 6.30. The van der Waals surface area contributed by atoms with Crippen molar-refractivity contribution in [3.05, 3.63) is 76.8 Å². The summed E-state index contributed by atoms with van der Waals surface area (Å²) in [6, 6.07) is 11.9. The van der Waals surface area contributed by atoms with Crippen LogP contribution in [0.15, 0.2) is 55.0 Å². The van der Waals surface area contributed by atoms with Gasteiger partial charge < -0.3 is 9.72 Å². The highest BCUT2D eigenvalue weighted by Crippen LogP contribution is 2.48. The third-order valence-corrected chi connectivity index (χ3v) is 6.33. The van der Waals surface area contributed by atoms with Crippen molar-refractivity contribution in [3.8, 4) is 0 Å². The van der Waals surface area contributed by atoms with Crippen molar-refractivity contribution in [1.29, 1.82) is 0 Å². The maximum atomic E-state index is 12.6. The van der Waals surface area contributed by atoms with Crippen LogP contribution in [-0.2, 0) is 11.3 Å². The van der Waals surface area contributed by atoms with E-state index in [4.69, 9.17) is 11.6 Å². The van der Waals surface area contributed by atoms with E-state index in [1.807, 2.05) is 30.5 Å². The Hall–Kier alpha value is -3.19. The van der Waals surface area contributed by atoms with Gasteiger partial charge in [0.1, 0.15) is 5.65 Å². The first-order valence-corrected chi connectivity index (χ1v) is 10.9. The van der Waals surface area contributed by atoms with Crippen molar-refractivity contribution >= 4 is 29.0 Å². The first-order valence-electron chi connectivity index (χ1n) is 10.6. The molecule has 7 nitrogen and oxygen atoms in total. The summed E-state index contributed by atoms with van der Waals surface area (Å²) in [6.45, 7) is 0.498. The molecule has 2 atom stereocenters. The number of rotatable bonds is 6. The molecule has 1 aromatic carbocycles. The molecule has 2 fully saturated rings. The summed E-state index contributed by atoms with van der Waals surface area (Å²) in [4.78, 5) is 17.2. The molecule has 0 radical (unpaired) electrons. The third-order valence-electron chi connectivity index (χ3n) is 6.09. The molecule has 2 saturated carbocycles. The number of aromatic nitrogens is 5. The minimum absolute atomic E-state index is 0.0302. The summed E-state index contributed by atoms with van der Waals surface area (Å²) in [7, 11) is 0. The highest BCUT2D eigenvalue weighted by Gasteiger charge is 2.44. The highest BCUT2D eigenvalue weighted by atomic mass is 35.5. The fraction of sp³-hybridized carbons (Fsp3) is 0.304. The number of pyridine rings is 1. The Morgan fingerprint density at radius 2 is 2.03 bits per heavy atom. The largest absolute Gasteiger partial charge is 0.308 e. The summed E-state index contributed by atoms with van der Waals surface area (Å²) in [5, 5.41) is 11.8. The van der Waals surface area contributed by atoms with Crippen LogP contribution in [0.25, 0.3) is 5.65 Å². The van der Waals surface area contributed by atoms with Crippen molar-refractivity contribution in [2.75, 3.05) is 5.32 Å². The number of hydrogen-bond donors (Lipinski definition) is 1. The first kappa shape index (κ1) is 18.6. The van der Waals surface area contributed by atoms with Gasteiger partial charge in [0.05, 0.1) is 18.4 Å². The van der Waals surface area contributed by atoms with Crippen molar-refractivity contribution in [3.63, 3.8) is 0 Å². The van der Waals surface area contributed by atoms with E-state index in [9.17, 15) is 4.79 Å². The molecule has 0 bridgehead atoms. The smallest absolute Gasteiger partial charge is 0.229 e. The molecule has 8 heteroatoms. The fourth-order valence-electron chi connectivity index (χ4n) is 4.20. The monoisotopic (exact) mass is 432 g/mol. The molecule has 3 aromatic heterocycles. The average Bonchev–Trinajstić information content (AvgIpc) is 3.67. The summed E-state index contributed by atoms with van der Waals surface area (Å²) in [5.74, 6) is 1.30. The van der Waals surface area contributed by atoms with Crippen molar-refractivity contribution in [1.82, 2.24) is 24.4 Å². The van der Waals surface area contributed by atoms with Crippen molar-refractivity contribution < 1.29 is 4.79 Å². The second kappa shape index (κ2) is 7.20. The molecule has 0 unspecified atom stereocenters. The van der Waals surface area contributed by atoms with E-state index < -0.39 is 0 Å². The van der Waals surface area contributed by atoms with Crippen molar-refractivity contribution in [2.24, 2.45) is 5.92 Å². The molecule has 156 valence electrons. The number of amides is 1. The molecule has 2 aliphatic rings. The molecular weight excluding hydrogens is 412 g/mol. The van der Waals surface area contributed by atoms with Crippen LogP contribution in [0.1, 0.15) is 47.9 Å². The van der Waals surface area contributed by atoms with E-state index in [0.717, 1.165) is 23.3 Å². The normalized spacial score (nSPS) is 20.2. The number of anilines is 1. The van der Waals surface area contributed by atoms with Gasteiger partial charge >= 0.3 is 0 Å². The molecule has 1 N–H and O–H groups in total. The van der Waals surface area contributed by atoms with Crippen LogP contribution < -0.4 is 5.32 Å². The number of nitrogens with one attached hydrogen (secondary N) is 1. The molecule has 0 saturated heterocycles. The number of carbonyl (C=O) groups is 1. The van der Waals surface area contributed by atoms with Gasteiger partial charge in [-0.3, -0.25) is 4.79 Å². The van der Waals surface area contributed by atoms with E-state index in [1.165, 1.54) is 18.4 Å². The van der Waals surface area contributed by atoms with E-state index in [-0.39, 0.29) is 17.7 Å². The summed E-state index contributed by atoms with van der Waals surface area (Å²) in [6.07, 6.45) is 9.32. The number of benzene rings is 1. The Morgan fingerprint density at radius 1 is 1.13 bits per heavy atom. The SMILES string of the molecule is O=C(Nc1cn(Cc2cn3cc(C4CC4)ccc3n2)nn1)[C@H]1C[C@@H]1c1cccc(Cl)c1. The predicted octanol–water partition coefficient (Wildman–Crippen LogP) is 4.25. The van der Waals surface area contributed by atoms with Crippen LogP contribution in [0.4, 0.5) is 5.82 Å². The lowest BCUT2D eigenvalue weighted by Crippen LogP contribution is -2.14. The van der Waals surface area contributed by atoms with E-state index >= 15 is 0 Å². The zero-order chi connectivity index (χ0) is 20.9. The van der Waals surface area contributed by atoms with Crippen LogP contribution in [-0.4, -0.2) is 30.3 Å². The Bertz CT molecular complexity index is 1290. The Morgan fingerprint density at radius 3 is 2.87 bits per heavy atom. The van der Waals surface area contributed by atoms with Crippen LogP contribution in [0.2, 0.25) is 5.02 Å². The van der Waals surface area contributed by atoms with Gasteiger partial charge in [-0.1, -0.05) is 35.0 Å². The van der Waals surface area contributed by atoms with Gasteiger partial charge in [0.25, 0.3) is 0 Å². The number of halogens is 1. The van der Waals surface area contributed by atoms with Gasteiger partial charge in [0, 0.05) is 23.3 Å². The fourth-order valence-corrected chi connectivity index (χ4v) is 4.40. The van der Waals surface area contributed by atoms with Crippen molar-refractivity contribution in [2.45, 2.75) is 37.6 Å². The molecule has 31 heavy (non-hydrogen) atoms. The third kappa shape index (κ3) is 3.81. The van der Waals surface area contributed by atoms with Crippen LogP contribution in [0, 0.1) is 5.92 Å². The number of carbonyl (C=O) groups excluding carboxylic acids is 1. The second-order valence-corrected chi connectivity index (χ2v) is 8.97. The molecular formula is C23H21ClN6O. The lowest BCUT2D eigenvalue weighted by atomic mass is 10.1. The van der Waals surface area contributed by atoms with Gasteiger partial charge in [0.15, 0.2) is 5.82 Å². The number of fused-ring (bicyclic) bond motifs is 1. The molecule has 2 aliphatic carbocycles. The van der Waals surface area contributed by atoms with Crippen LogP contribution in [0.3, 0.4) is 0 Å². The second-order valence-electron chi connectivity index (χ2n) is 8.53. The number of hydrogen-bond acceptors (Lipinski definition) is 4. The predicted molar refractivity (Wildman–Crippen MR) is 117 cm³/mol. The number of nitrogens with zero attached hydrogens (tertiary/aromatic N) is 5. The molecule has 6 rings (SSSR count). The zero-order valence-electron chi connectivity index (χ0n) is 16.8. The Labute approximate surface area is 184 Å². The number of imidazole rings is 1. The quantitative estimate of drug-likeness (QED) is 0.494. The molecule has 3 heterocycles. The maximum absolute atomic E-state index is 12.6. The molecule has 4 aromatic rings. The van der Waals surface area contributed by atoms with Gasteiger partial charge in [-0.2, -0.15) is 0 Å². The Balaban J connectivity index is 1.10. The first-order chi connectivity index (χ1) is 15.1. The van der Waals surface area contributed by atoms with Gasteiger partial charge in [-0.15, -0.1) is 5.10 Å².